The van der Waals surface area contributed by atoms with Gasteiger partial charge in [-0.05, 0) is 12.1 Å². The Hall–Kier alpha value is -2.76. The monoisotopic (exact) mass is 250 g/mol. The van der Waals surface area contributed by atoms with Crippen LogP contribution >= 0.6 is 0 Å². The normalized spacial score (nSPS) is 13.1. The van der Waals surface area contributed by atoms with Crippen molar-refractivity contribution < 1.29 is 8.98 Å². The van der Waals surface area contributed by atoms with Crippen LogP contribution in [0.1, 0.15) is 5.69 Å². The van der Waals surface area contributed by atoms with Crippen molar-refractivity contribution in [1.29, 1.82) is 0 Å². The van der Waals surface area contributed by atoms with E-state index >= 15 is 0 Å². The molecule has 0 atom stereocenters. The molecule has 5 rings (SSSR count). The molecule has 0 saturated carbocycles. The van der Waals surface area contributed by atoms with E-state index in [0.29, 0.717) is 12.3 Å². The van der Waals surface area contributed by atoms with Gasteiger partial charge < -0.3 is 4.42 Å². The van der Waals surface area contributed by atoms with Crippen LogP contribution in [0.5, 0.6) is 0 Å². The second-order valence-electron chi connectivity index (χ2n) is 4.54. The molecule has 5 heterocycles. The lowest BCUT2D eigenvalue weighted by Gasteiger charge is -1.90. The van der Waals surface area contributed by atoms with Crippen LogP contribution in [-0.2, 0) is 6.54 Å². The van der Waals surface area contributed by atoms with Crippen molar-refractivity contribution in [3.63, 3.8) is 0 Å². The molecule has 6 heteroatoms. The molecule has 4 aromatic rings. The lowest BCUT2D eigenvalue weighted by molar-refractivity contribution is -0.652. The lowest BCUT2D eigenvalue weighted by Crippen LogP contribution is -2.31. The highest BCUT2D eigenvalue weighted by molar-refractivity contribution is 5.71. The molecule has 0 saturated heterocycles. The molecule has 0 unspecified atom stereocenters. The SMILES string of the molecule is c1cnc2c(c1)-c1oc3nc4cnccn4c3[n+]1C2. The maximum atomic E-state index is 5.89. The number of pyridine rings is 1. The third kappa shape index (κ3) is 1.02. The van der Waals surface area contributed by atoms with Crippen LogP contribution in [0.15, 0.2) is 41.3 Å². The lowest BCUT2D eigenvalue weighted by atomic mass is 10.2. The van der Waals surface area contributed by atoms with Gasteiger partial charge >= 0.3 is 17.3 Å². The smallest absolute Gasteiger partial charge is 0.355 e. The Morgan fingerprint density at radius 3 is 3.32 bits per heavy atom. The number of rotatable bonds is 0. The van der Waals surface area contributed by atoms with Crippen LogP contribution in [0.3, 0.4) is 0 Å². The number of imidazole rings is 1. The first-order chi connectivity index (χ1) is 9.42. The van der Waals surface area contributed by atoms with Crippen molar-refractivity contribution in [3.8, 4) is 11.5 Å². The topological polar surface area (TPSA) is 60.1 Å². The van der Waals surface area contributed by atoms with Crippen LogP contribution in [0, 0.1) is 0 Å². The molecule has 1 aliphatic rings. The molecule has 6 nitrogen and oxygen atoms in total. The average Bonchev–Trinajstić information content (AvgIpc) is 3.05. The maximum Gasteiger partial charge on any atom is 0.355 e. The molecule has 0 N–H and O–H groups in total. The van der Waals surface area contributed by atoms with Gasteiger partial charge in [0, 0.05) is 6.20 Å². The van der Waals surface area contributed by atoms with E-state index in [2.05, 4.69) is 19.5 Å². The molecular formula is C13H8N5O+. The highest BCUT2D eigenvalue weighted by Crippen LogP contribution is 2.29. The van der Waals surface area contributed by atoms with Crippen molar-refractivity contribution in [3.05, 3.63) is 42.6 Å². The van der Waals surface area contributed by atoms with E-state index in [1.54, 1.807) is 18.6 Å². The predicted octanol–water partition coefficient (Wildman–Crippen LogP) is 1.19. The van der Waals surface area contributed by atoms with Crippen LogP contribution < -0.4 is 4.57 Å². The van der Waals surface area contributed by atoms with Gasteiger partial charge in [-0.15, -0.1) is 0 Å². The maximum absolute atomic E-state index is 5.89. The third-order valence-corrected chi connectivity index (χ3v) is 3.50. The van der Waals surface area contributed by atoms with Crippen molar-refractivity contribution >= 4 is 17.0 Å². The molecule has 0 fully saturated rings. The first kappa shape index (κ1) is 9.21. The first-order valence-electron chi connectivity index (χ1n) is 6.00. The summed E-state index contributed by atoms with van der Waals surface area (Å²) >= 11 is 0. The fourth-order valence-electron chi connectivity index (χ4n) is 2.68. The molecule has 0 aliphatic carbocycles. The molecule has 0 radical (unpaired) electrons. The van der Waals surface area contributed by atoms with Crippen molar-refractivity contribution in [2.24, 2.45) is 0 Å². The average molecular weight is 250 g/mol. The number of nitrogens with zero attached hydrogens (tertiary/aromatic N) is 5. The Bertz CT molecular complexity index is 952. The zero-order chi connectivity index (χ0) is 12.4. The van der Waals surface area contributed by atoms with Gasteiger partial charge in [0.2, 0.25) is 5.65 Å². The van der Waals surface area contributed by atoms with E-state index < -0.39 is 0 Å². The molecule has 0 bridgehead atoms. The Kier molecular flexibility index (Phi) is 1.44. The number of hydrogen-bond acceptors (Lipinski definition) is 4. The van der Waals surface area contributed by atoms with Crippen molar-refractivity contribution in [1.82, 2.24) is 19.4 Å². The fourth-order valence-corrected chi connectivity index (χ4v) is 2.68. The highest BCUT2D eigenvalue weighted by atomic mass is 16.4. The molecule has 4 aromatic heterocycles. The van der Waals surface area contributed by atoms with Gasteiger partial charge in [0.15, 0.2) is 0 Å². The summed E-state index contributed by atoms with van der Waals surface area (Å²) in [5, 5.41) is 0. The number of hydrogen-bond donors (Lipinski definition) is 0. The Balaban J connectivity index is 1.94. The van der Waals surface area contributed by atoms with Gasteiger partial charge in [-0.3, -0.25) is 9.97 Å². The summed E-state index contributed by atoms with van der Waals surface area (Å²) < 4.78 is 9.98. The Morgan fingerprint density at radius 1 is 1.32 bits per heavy atom. The molecule has 19 heavy (non-hydrogen) atoms. The minimum Gasteiger partial charge on any atom is -0.395 e. The first-order valence-corrected chi connectivity index (χ1v) is 6.00. The van der Waals surface area contributed by atoms with E-state index in [1.807, 2.05) is 22.7 Å². The number of fused-ring (bicyclic) bond motifs is 7. The van der Waals surface area contributed by atoms with Gasteiger partial charge in [0.1, 0.15) is 12.7 Å². The Labute approximate surface area is 107 Å². The van der Waals surface area contributed by atoms with E-state index in [0.717, 1.165) is 28.4 Å². The second-order valence-corrected chi connectivity index (χ2v) is 4.54. The summed E-state index contributed by atoms with van der Waals surface area (Å²) in [5.74, 6) is 0.826. The summed E-state index contributed by atoms with van der Waals surface area (Å²) in [6.07, 6.45) is 7.17. The zero-order valence-corrected chi connectivity index (χ0v) is 9.82. The standard InChI is InChI=1S/C13H8N5O/c1-2-8-9(15-3-1)7-18-12-11(19-13(8)18)16-10-6-14-4-5-17(10)12/h1-6H,7H2/q+1. The summed E-state index contributed by atoms with van der Waals surface area (Å²) in [4.78, 5) is 12.9. The minimum absolute atomic E-state index is 0.637. The van der Waals surface area contributed by atoms with Gasteiger partial charge in [-0.25, -0.2) is 0 Å². The second kappa shape index (κ2) is 2.97. The summed E-state index contributed by atoms with van der Waals surface area (Å²) in [6.45, 7) is 0.717. The number of oxazole rings is 1. The quantitative estimate of drug-likeness (QED) is 0.387. The molecule has 0 spiro atoms. The largest absolute Gasteiger partial charge is 0.395 e. The van der Waals surface area contributed by atoms with Crippen LogP contribution in [0.2, 0.25) is 0 Å². The highest BCUT2D eigenvalue weighted by Gasteiger charge is 2.34. The van der Waals surface area contributed by atoms with Crippen molar-refractivity contribution in [2.45, 2.75) is 6.54 Å². The molecule has 0 aromatic carbocycles. The predicted molar refractivity (Wildman–Crippen MR) is 65.3 cm³/mol. The summed E-state index contributed by atoms with van der Waals surface area (Å²) in [5.41, 5.74) is 4.45. The van der Waals surface area contributed by atoms with Gasteiger partial charge in [0.05, 0.1) is 23.7 Å². The van der Waals surface area contributed by atoms with Crippen LogP contribution in [-0.4, -0.2) is 19.4 Å². The van der Waals surface area contributed by atoms with Crippen molar-refractivity contribution in [2.75, 3.05) is 0 Å². The molecule has 90 valence electrons. The minimum atomic E-state index is 0.637. The number of aromatic nitrogens is 5. The van der Waals surface area contributed by atoms with E-state index in [1.165, 1.54) is 0 Å². The van der Waals surface area contributed by atoms with E-state index in [-0.39, 0.29) is 0 Å². The van der Waals surface area contributed by atoms with Gasteiger partial charge in [-0.2, -0.15) is 14.0 Å². The van der Waals surface area contributed by atoms with E-state index in [9.17, 15) is 0 Å². The molecular weight excluding hydrogens is 242 g/mol. The summed E-state index contributed by atoms with van der Waals surface area (Å²) in [6, 6.07) is 3.95. The van der Waals surface area contributed by atoms with Crippen LogP contribution in [0.25, 0.3) is 28.5 Å². The zero-order valence-electron chi connectivity index (χ0n) is 9.82. The molecule has 0 amide bonds. The summed E-state index contributed by atoms with van der Waals surface area (Å²) in [7, 11) is 0. The molecule has 1 aliphatic heterocycles. The third-order valence-electron chi connectivity index (χ3n) is 3.50. The Morgan fingerprint density at radius 2 is 2.32 bits per heavy atom. The van der Waals surface area contributed by atoms with E-state index in [4.69, 9.17) is 4.42 Å². The fraction of sp³-hybridized carbons (Fsp3) is 0.0769. The van der Waals surface area contributed by atoms with Gasteiger partial charge in [-0.1, -0.05) is 0 Å². The van der Waals surface area contributed by atoms with Crippen LogP contribution in [0.4, 0.5) is 0 Å². The van der Waals surface area contributed by atoms with Gasteiger partial charge in [0.25, 0.3) is 0 Å².